The highest BCUT2D eigenvalue weighted by atomic mass is 32.1. The molecule has 0 radical (unpaired) electrons. The molecule has 4 unspecified atom stereocenters. The van der Waals surface area contributed by atoms with Gasteiger partial charge in [0.1, 0.15) is 11.8 Å². The van der Waals surface area contributed by atoms with Crippen LogP contribution in [0.4, 0.5) is 0 Å². The molecule has 2 rings (SSSR count). The molecule has 4 atom stereocenters. The van der Waals surface area contributed by atoms with Crippen molar-refractivity contribution in [1.29, 1.82) is 0 Å². The van der Waals surface area contributed by atoms with Gasteiger partial charge in [-0.25, -0.2) is 0 Å². The molecular weight excluding hydrogens is 538 g/mol. The summed E-state index contributed by atoms with van der Waals surface area (Å²) in [6.45, 7) is 2.56. The van der Waals surface area contributed by atoms with Crippen LogP contribution in [0.3, 0.4) is 0 Å². The summed E-state index contributed by atoms with van der Waals surface area (Å²) in [7, 11) is 0. The number of nitrogens with one attached hydrogen (secondary N) is 3. The number of nitrogens with two attached hydrogens (primary N) is 2. The summed E-state index contributed by atoms with van der Waals surface area (Å²) in [5.41, 5.74) is 11.1. The fourth-order valence-corrected chi connectivity index (χ4v) is 5.52. The number of unbranched alkanes of at least 4 members (excludes halogenated alkanes) is 3. The van der Waals surface area contributed by atoms with E-state index in [1.54, 1.807) is 18.3 Å². The number of hydrogen-bond acceptors (Lipinski definition) is 9. The molecule has 0 spiro atoms. The van der Waals surface area contributed by atoms with Crippen LogP contribution in [0.25, 0.3) is 0 Å². The summed E-state index contributed by atoms with van der Waals surface area (Å²) >= 11 is 3.13. The molecule has 0 aliphatic heterocycles. The van der Waals surface area contributed by atoms with Crippen LogP contribution in [0.1, 0.15) is 61.6 Å². The predicted octanol–water partition coefficient (Wildman–Crippen LogP) is 1.96. The van der Waals surface area contributed by atoms with Crippen LogP contribution in [0.2, 0.25) is 0 Å². The summed E-state index contributed by atoms with van der Waals surface area (Å²) in [6, 6.07) is 5.77. The van der Waals surface area contributed by atoms with Crippen molar-refractivity contribution >= 4 is 40.5 Å². The van der Waals surface area contributed by atoms with Gasteiger partial charge in [0.05, 0.1) is 12.1 Å². The summed E-state index contributed by atoms with van der Waals surface area (Å²) in [4.78, 5) is 38.4. The van der Waals surface area contributed by atoms with Gasteiger partial charge in [-0.05, 0) is 68.5 Å². The van der Waals surface area contributed by atoms with E-state index in [-0.39, 0.29) is 18.2 Å². The van der Waals surface area contributed by atoms with Gasteiger partial charge in [0.2, 0.25) is 11.8 Å². The van der Waals surface area contributed by atoms with Crippen molar-refractivity contribution < 1.29 is 24.6 Å². The standard InChI is InChI=1S/C27H43N5O5S2/c1-27(37,23(29)18-20-10-8-16-39-20)31-14-6-4-11-22(26(36)30-13-5-2-3-12-24(33)34)32-25(35)21(28)17-19-9-7-15-38-19/h7-10,15-16,21-23,31,37H,2-6,11-14,17-18,28-29H2,1H3,(H,30,36)(H,32,35)(H,33,34). The van der Waals surface area contributed by atoms with Gasteiger partial charge in [-0.15, -0.1) is 22.7 Å². The highest BCUT2D eigenvalue weighted by Crippen LogP contribution is 2.16. The minimum absolute atomic E-state index is 0.106. The molecule has 0 saturated heterocycles. The number of rotatable bonds is 20. The summed E-state index contributed by atoms with van der Waals surface area (Å²) in [5, 5.41) is 32.2. The molecule has 2 aromatic heterocycles. The molecule has 0 fully saturated rings. The second-order valence-corrected chi connectivity index (χ2v) is 12.0. The molecule has 10 nitrogen and oxygen atoms in total. The largest absolute Gasteiger partial charge is 0.481 e. The monoisotopic (exact) mass is 581 g/mol. The van der Waals surface area contributed by atoms with Crippen LogP contribution in [-0.4, -0.2) is 64.9 Å². The van der Waals surface area contributed by atoms with Crippen molar-refractivity contribution in [2.75, 3.05) is 13.1 Å². The van der Waals surface area contributed by atoms with Crippen molar-refractivity contribution in [2.45, 2.75) is 88.6 Å². The van der Waals surface area contributed by atoms with Crippen molar-refractivity contribution in [3.05, 3.63) is 44.8 Å². The van der Waals surface area contributed by atoms with Crippen LogP contribution in [0.5, 0.6) is 0 Å². The van der Waals surface area contributed by atoms with E-state index >= 15 is 0 Å². The lowest BCUT2D eigenvalue weighted by Crippen LogP contribution is -2.57. The lowest BCUT2D eigenvalue weighted by molar-refractivity contribution is -0.137. The number of carboxylic acids is 1. The fourth-order valence-electron chi connectivity index (χ4n) is 3.99. The van der Waals surface area contributed by atoms with E-state index in [1.807, 2.05) is 35.0 Å². The molecule has 2 aromatic rings. The van der Waals surface area contributed by atoms with Gasteiger partial charge >= 0.3 is 5.97 Å². The van der Waals surface area contributed by atoms with Gasteiger partial charge in [-0.3, -0.25) is 19.7 Å². The molecule has 218 valence electrons. The molecular formula is C27H43N5O5S2. The maximum Gasteiger partial charge on any atom is 0.303 e. The molecule has 9 N–H and O–H groups in total. The van der Waals surface area contributed by atoms with Gasteiger partial charge < -0.3 is 32.3 Å². The highest BCUT2D eigenvalue weighted by Gasteiger charge is 2.29. The first kappa shape index (κ1) is 32.9. The van der Waals surface area contributed by atoms with E-state index in [9.17, 15) is 19.5 Å². The van der Waals surface area contributed by atoms with Crippen molar-refractivity contribution in [3.8, 4) is 0 Å². The third kappa shape index (κ3) is 13.0. The van der Waals surface area contributed by atoms with E-state index in [0.717, 1.165) is 9.75 Å². The van der Waals surface area contributed by atoms with E-state index < -0.39 is 29.8 Å². The molecule has 2 amide bonds. The minimum Gasteiger partial charge on any atom is -0.481 e. The number of amides is 2. The number of aliphatic carboxylic acids is 1. The van der Waals surface area contributed by atoms with Crippen molar-refractivity contribution in [2.24, 2.45) is 11.5 Å². The van der Waals surface area contributed by atoms with E-state index in [4.69, 9.17) is 16.6 Å². The Morgan fingerprint density at radius 1 is 0.923 bits per heavy atom. The first-order valence-electron chi connectivity index (χ1n) is 13.4. The predicted molar refractivity (Wildman–Crippen MR) is 156 cm³/mol. The quantitative estimate of drug-likeness (QED) is 0.0915. The van der Waals surface area contributed by atoms with Gasteiger partial charge in [0.25, 0.3) is 0 Å². The molecule has 2 heterocycles. The number of carboxylic acid groups (broad SMARTS) is 1. The number of carbonyl (C=O) groups excluding carboxylic acids is 2. The van der Waals surface area contributed by atoms with Crippen LogP contribution >= 0.6 is 22.7 Å². The van der Waals surface area contributed by atoms with E-state index in [1.165, 1.54) is 11.3 Å². The maximum atomic E-state index is 12.9. The molecule has 0 bridgehead atoms. The lowest BCUT2D eigenvalue weighted by atomic mass is 10.0. The third-order valence-corrected chi connectivity index (χ3v) is 8.26. The molecule has 0 saturated carbocycles. The number of aliphatic hydroxyl groups is 1. The molecule has 39 heavy (non-hydrogen) atoms. The van der Waals surface area contributed by atoms with Crippen molar-refractivity contribution in [1.82, 2.24) is 16.0 Å². The van der Waals surface area contributed by atoms with Gasteiger partial charge in [-0.1, -0.05) is 18.6 Å². The second kappa shape index (κ2) is 17.4. The molecule has 0 aliphatic carbocycles. The first-order chi connectivity index (χ1) is 18.6. The Labute approximate surface area is 238 Å². The molecule has 12 heteroatoms. The number of hydrogen-bond donors (Lipinski definition) is 7. The SMILES string of the molecule is CC(O)(NCCCCC(NC(=O)C(N)Cc1cccs1)C(=O)NCCCCCC(=O)O)C(N)Cc1cccs1. The fraction of sp³-hybridized carbons (Fsp3) is 0.593. The van der Waals surface area contributed by atoms with Crippen LogP contribution < -0.4 is 27.4 Å². The van der Waals surface area contributed by atoms with E-state index in [0.29, 0.717) is 64.5 Å². The normalized spacial score (nSPS) is 15.2. The average Bonchev–Trinajstić information content (AvgIpc) is 3.59. The zero-order chi connectivity index (χ0) is 28.7. The smallest absolute Gasteiger partial charge is 0.303 e. The third-order valence-electron chi connectivity index (χ3n) is 6.46. The molecule has 0 aromatic carbocycles. The second-order valence-electron chi connectivity index (χ2n) is 9.91. The Bertz CT molecular complexity index is 985. The van der Waals surface area contributed by atoms with Crippen LogP contribution in [0, 0.1) is 0 Å². The van der Waals surface area contributed by atoms with Gasteiger partial charge in [0.15, 0.2) is 0 Å². The van der Waals surface area contributed by atoms with Gasteiger partial charge in [0, 0.05) is 35.6 Å². The average molecular weight is 582 g/mol. The Morgan fingerprint density at radius 2 is 1.56 bits per heavy atom. The zero-order valence-corrected chi connectivity index (χ0v) is 24.2. The van der Waals surface area contributed by atoms with E-state index in [2.05, 4.69) is 16.0 Å². The lowest BCUT2D eigenvalue weighted by Gasteiger charge is -2.31. The molecule has 0 aliphatic rings. The zero-order valence-electron chi connectivity index (χ0n) is 22.6. The minimum atomic E-state index is -1.25. The highest BCUT2D eigenvalue weighted by molar-refractivity contribution is 7.10. The number of carbonyl (C=O) groups is 3. The first-order valence-corrected chi connectivity index (χ1v) is 15.2. The Balaban J connectivity index is 1.81. The van der Waals surface area contributed by atoms with Gasteiger partial charge in [-0.2, -0.15) is 0 Å². The summed E-state index contributed by atoms with van der Waals surface area (Å²) in [5.74, 6) is -1.50. The Kier molecular flexibility index (Phi) is 14.6. The van der Waals surface area contributed by atoms with Crippen LogP contribution in [-0.2, 0) is 27.2 Å². The summed E-state index contributed by atoms with van der Waals surface area (Å²) in [6.07, 6.45) is 4.66. The maximum absolute atomic E-state index is 12.9. The van der Waals surface area contributed by atoms with Crippen LogP contribution in [0.15, 0.2) is 35.0 Å². The van der Waals surface area contributed by atoms with Crippen molar-refractivity contribution in [3.63, 3.8) is 0 Å². The topological polar surface area (TPSA) is 180 Å². The Hall–Kier alpha value is -2.35. The summed E-state index contributed by atoms with van der Waals surface area (Å²) < 4.78 is 0. The Morgan fingerprint density at radius 3 is 2.18 bits per heavy atom. The number of thiophene rings is 2.